The summed E-state index contributed by atoms with van der Waals surface area (Å²) >= 11 is 0. The molecule has 0 spiro atoms. The maximum absolute atomic E-state index is 13.0. The van der Waals surface area contributed by atoms with Gasteiger partial charge in [-0.1, -0.05) is 18.2 Å². The molecular weight excluding hydrogens is 377 g/mol. The highest BCUT2D eigenvalue weighted by atomic mass is 19.4. The molecule has 28 heavy (non-hydrogen) atoms. The zero-order chi connectivity index (χ0) is 20.7. The summed E-state index contributed by atoms with van der Waals surface area (Å²) in [5.74, 6) is -0.767. The third-order valence-electron chi connectivity index (χ3n) is 3.83. The lowest BCUT2D eigenvalue weighted by molar-refractivity contribution is -0.137. The number of hydrogen-bond donors (Lipinski definition) is 2. The number of rotatable bonds is 7. The van der Waals surface area contributed by atoms with Crippen LogP contribution in [0.2, 0.25) is 0 Å². The van der Waals surface area contributed by atoms with E-state index >= 15 is 0 Å². The van der Waals surface area contributed by atoms with Gasteiger partial charge in [0.15, 0.2) is 0 Å². The molecule has 0 saturated heterocycles. The number of alkyl halides is 3. The SMILES string of the molecule is COc1cccc(OC)c1C(=O)NCCNC(=O)c1ccccc1C(F)(F)F. The molecular formula is C19H19F3N2O4. The number of carbonyl (C=O) groups excluding carboxylic acids is 2. The molecule has 0 fully saturated rings. The first-order valence-electron chi connectivity index (χ1n) is 8.23. The fourth-order valence-electron chi connectivity index (χ4n) is 2.54. The third-order valence-corrected chi connectivity index (χ3v) is 3.83. The number of amides is 2. The van der Waals surface area contributed by atoms with Crippen molar-refractivity contribution in [3.8, 4) is 11.5 Å². The molecule has 0 heterocycles. The Hall–Kier alpha value is -3.23. The second-order valence-corrected chi connectivity index (χ2v) is 5.59. The van der Waals surface area contributed by atoms with Crippen LogP contribution in [0, 0.1) is 0 Å². The predicted molar refractivity (Wildman–Crippen MR) is 95.7 cm³/mol. The van der Waals surface area contributed by atoms with Crippen molar-refractivity contribution >= 4 is 11.8 Å². The van der Waals surface area contributed by atoms with Crippen LogP contribution in [-0.2, 0) is 6.18 Å². The number of halogens is 3. The van der Waals surface area contributed by atoms with Gasteiger partial charge in [-0.3, -0.25) is 9.59 Å². The largest absolute Gasteiger partial charge is 0.496 e. The van der Waals surface area contributed by atoms with Crippen LogP contribution in [0.25, 0.3) is 0 Å². The van der Waals surface area contributed by atoms with Gasteiger partial charge in [-0.2, -0.15) is 13.2 Å². The Morgan fingerprint density at radius 2 is 1.39 bits per heavy atom. The van der Waals surface area contributed by atoms with E-state index in [0.717, 1.165) is 12.1 Å². The molecule has 0 atom stereocenters. The van der Waals surface area contributed by atoms with E-state index < -0.39 is 29.1 Å². The fourth-order valence-corrected chi connectivity index (χ4v) is 2.54. The van der Waals surface area contributed by atoms with Gasteiger partial charge in [0.05, 0.1) is 25.3 Å². The third kappa shape index (κ3) is 4.93. The summed E-state index contributed by atoms with van der Waals surface area (Å²) < 4.78 is 49.2. The summed E-state index contributed by atoms with van der Waals surface area (Å²) in [7, 11) is 2.81. The van der Waals surface area contributed by atoms with Crippen molar-refractivity contribution < 1.29 is 32.2 Å². The zero-order valence-electron chi connectivity index (χ0n) is 15.2. The molecule has 0 aromatic heterocycles. The fraction of sp³-hybridized carbons (Fsp3) is 0.263. The van der Waals surface area contributed by atoms with Crippen LogP contribution in [-0.4, -0.2) is 39.1 Å². The molecule has 2 aromatic rings. The highest BCUT2D eigenvalue weighted by Gasteiger charge is 2.34. The maximum Gasteiger partial charge on any atom is 0.417 e. The van der Waals surface area contributed by atoms with Gasteiger partial charge in [0.2, 0.25) is 0 Å². The molecule has 2 amide bonds. The molecule has 2 aromatic carbocycles. The quantitative estimate of drug-likeness (QED) is 0.706. The van der Waals surface area contributed by atoms with Gasteiger partial charge < -0.3 is 20.1 Å². The summed E-state index contributed by atoms with van der Waals surface area (Å²) in [5, 5.41) is 4.92. The van der Waals surface area contributed by atoms with Crippen LogP contribution in [0.4, 0.5) is 13.2 Å². The van der Waals surface area contributed by atoms with Crippen molar-refractivity contribution in [1.82, 2.24) is 10.6 Å². The maximum atomic E-state index is 13.0. The van der Waals surface area contributed by atoms with Gasteiger partial charge in [0.1, 0.15) is 17.1 Å². The molecule has 0 aliphatic heterocycles. The van der Waals surface area contributed by atoms with Crippen LogP contribution in [0.5, 0.6) is 11.5 Å². The van der Waals surface area contributed by atoms with Crippen molar-refractivity contribution in [1.29, 1.82) is 0 Å². The Labute approximate surface area is 159 Å². The zero-order valence-corrected chi connectivity index (χ0v) is 15.2. The van der Waals surface area contributed by atoms with Crippen LogP contribution >= 0.6 is 0 Å². The number of nitrogens with one attached hydrogen (secondary N) is 2. The summed E-state index contributed by atoms with van der Waals surface area (Å²) in [6, 6.07) is 9.33. The second-order valence-electron chi connectivity index (χ2n) is 5.59. The molecule has 2 N–H and O–H groups in total. The molecule has 0 bridgehead atoms. The van der Waals surface area contributed by atoms with Crippen molar-refractivity contribution in [2.24, 2.45) is 0 Å². The average Bonchev–Trinajstić information content (AvgIpc) is 2.69. The van der Waals surface area contributed by atoms with Gasteiger partial charge in [-0.15, -0.1) is 0 Å². The topological polar surface area (TPSA) is 76.7 Å². The van der Waals surface area contributed by atoms with E-state index in [2.05, 4.69) is 10.6 Å². The molecule has 0 radical (unpaired) electrons. The Morgan fingerprint density at radius 3 is 1.93 bits per heavy atom. The van der Waals surface area contributed by atoms with Gasteiger partial charge in [-0.05, 0) is 24.3 Å². The summed E-state index contributed by atoms with van der Waals surface area (Å²) in [5.41, 5.74) is -1.32. The van der Waals surface area contributed by atoms with Crippen LogP contribution in [0.3, 0.4) is 0 Å². The summed E-state index contributed by atoms with van der Waals surface area (Å²) in [6.45, 7) is -0.0613. The van der Waals surface area contributed by atoms with Gasteiger partial charge >= 0.3 is 6.18 Å². The van der Waals surface area contributed by atoms with E-state index in [1.54, 1.807) is 18.2 Å². The second kappa shape index (κ2) is 9.12. The number of ether oxygens (including phenoxy) is 2. The minimum Gasteiger partial charge on any atom is -0.496 e. The minimum atomic E-state index is -4.64. The molecule has 0 saturated carbocycles. The monoisotopic (exact) mass is 396 g/mol. The highest BCUT2D eigenvalue weighted by molar-refractivity contribution is 6.00. The number of hydrogen-bond acceptors (Lipinski definition) is 4. The molecule has 0 aliphatic carbocycles. The van der Waals surface area contributed by atoms with Crippen molar-refractivity contribution in [3.05, 3.63) is 59.2 Å². The first-order chi connectivity index (χ1) is 13.3. The van der Waals surface area contributed by atoms with E-state index in [4.69, 9.17) is 9.47 Å². The average molecular weight is 396 g/mol. The van der Waals surface area contributed by atoms with Crippen molar-refractivity contribution in [2.75, 3.05) is 27.3 Å². The van der Waals surface area contributed by atoms with E-state index in [1.807, 2.05) is 0 Å². The van der Waals surface area contributed by atoms with Gasteiger partial charge in [0, 0.05) is 13.1 Å². The smallest absolute Gasteiger partial charge is 0.417 e. The van der Waals surface area contributed by atoms with Crippen molar-refractivity contribution in [2.45, 2.75) is 6.18 Å². The van der Waals surface area contributed by atoms with E-state index in [0.29, 0.717) is 11.5 Å². The number of carbonyl (C=O) groups is 2. The normalized spacial score (nSPS) is 10.9. The van der Waals surface area contributed by atoms with E-state index in [-0.39, 0.29) is 18.7 Å². The van der Waals surface area contributed by atoms with Crippen LogP contribution < -0.4 is 20.1 Å². The Balaban J connectivity index is 1.97. The van der Waals surface area contributed by atoms with Gasteiger partial charge in [0.25, 0.3) is 11.8 Å². The van der Waals surface area contributed by atoms with Gasteiger partial charge in [-0.25, -0.2) is 0 Å². The minimum absolute atomic E-state index is 0.0000387. The molecule has 2 rings (SSSR count). The molecule has 9 heteroatoms. The highest BCUT2D eigenvalue weighted by Crippen LogP contribution is 2.31. The number of benzene rings is 2. The van der Waals surface area contributed by atoms with Crippen LogP contribution in [0.1, 0.15) is 26.3 Å². The first-order valence-corrected chi connectivity index (χ1v) is 8.23. The Morgan fingerprint density at radius 1 is 0.857 bits per heavy atom. The molecule has 150 valence electrons. The Bertz CT molecular complexity index is 831. The predicted octanol–water partition coefficient (Wildman–Crippen LogP) is 2.88. The van der Waals surface area contributed by atoms with Crippen LogP contribution in [0.15, 0.2) is 42.5 Å². The van der Waals surface area contributed by atoms with E-state index in [9.17, 15) is 22.8 Å². The lowest BCUT2D eigenvalue weighted by Crippen LogP contribution is -2.35. The van der Waals surface area contributed by atoms with E-state index in [1.165, 1.54) is 26.4 Å². The van der Waals surface area contributed by atoms with Crippen molar-refractivity contribution in [3.63, 3.8) is 0 Å². The molecule has 0 aliphatic rings. The Kier molecular flexibility index (Phi) is 6.86. The lowest BCUT2D eigenvalue weighted by atomic mass is 10.1. The lowest BCUT2D eigenvalue weighted by Gasteiger charge is -2.14. The first kappa shape index (κ1) is 21.1. The standard InChI is InChI=1S/C19H19F3N2O4/c1-27-14-8-5-9-15(28-2)16(14)18(26)24-11-10-23-17(25)12-6-3-4-7-13(12)19(20,21)22/h3-9H,10-11H2,1-2H3,(H,23,25)(H,24,26). The number of methoxy groups -OCH3 is 2. The molecule has 6 nitrogen and oxygen atoms in total. The summed E-state index contributed by atoms with van der Waals surface area (Å²) in [6.07, 6.45) is -4.64. The molecule has 0 unspecified atom stereocenters. The summed E-state index contributed by atoms with van der Waals surface area (Å²) in [4.78, 5) is 24.4.